The molecule has 0 radical (unpaired) electrons. The first kappa shape index (κ1) is 23.7. The Balaban J connectivity index is 1.91. The smallest absolute Gasteiger partial charge is 0.284 e. The number of aromatic nitrogens is 3. The van der Waals surface area contributed by atoms with Crippen LogP contribution < -0.4 is 9.62 Å². The fraction of sp³-hybridized carbons (Fsp3) is 0.300. The zero-order valence-corrected chi connectivity index (χ0v) is 19.8. The number of nitrogens with zero attached hydrogens (tertiary/aromatic N) is 5. The van der Waals surface area contributed by atoms with Crippen LogP contribution in [-0.2, 0) is 17.1 Å². The average molecular weight is 477 g/mol. The fourth-order valence-electron chi connectivity index (χ4n) is 3.17. The van der Waals surface area contributed by atoms with Gasteiger partial charge in [0, 0.05) is 37.5 Å². The molecule has 1 N–H and O–H groups in total. The molecule has 0 aliphatic heterocycles. The largest absolute Gasteiger partial charge is 0.372 e. The summed E-state index contributed by atoms with van der Waals surface area (Å²) < 4.78 is 27.9. The van der Waals surface area contributed by atoms with E-state index in [1.807, 2.05) is 24.3 Å². The van der Waals surface area contributed by atoms with Crippen LogP contribution in [0.2, 0.25) is 0 Å². The van der Waals surface area contributed by atoms with Gasteiger partial charge in [0.15, 0.2) is 11.0 Å². The number of rotatable bonds is 9. The van der Waals surface area contributed by atoms with Gasteiger partial charge in [-0.15, -0.1) is 10.2 Å². The van der Waals surface area contributed by atoms with Crippen LogP contribution in [0.4, 0.5) is 11.4 Å². The first-order valence-electron chi connectivity index (χ1n) is 9.86. The molecule has 0 fully saturated rings. The molecule has 1 aromatic heterocycles. The van der Waals surface area contributed by atoms with Crippen molar-refractivity contribution in [2.45, 2.75) is 28.8 Å². The minimum absolute atomic E-state index is 0.178. The van der Waals surface area contributed by atoms with Crippen LogP contribution in [0.3, 0.4) is 0 Å². The fourth-order valence-corrected chi connectivity index (χ4v) is 4.80. The van der Waals surface area contributed by atoms with Crippen LogP contribution in [0.15, 0.2) is 57.4 Å². The van der Waals surface area contributed by atoms with E-state index >= 15 is 0 Å². The van der Waals surface area contributed by atoms with Crippen molar-refractivity contribution in [3.8, 4) is 11.4 Å². The number of anilines is 1. The summed E-state index contributed by atoms with van der Waals surface area (Å²) in [7, 11) is -0.769. The molecule has 12 heteroatoms. The molecule has 2 aromatic carbocycles. The summed E-state index contributed by atoms with van der Waals surface area (Å²) in [5.41, 5.74) is 1.66. The molecule has 1 heterocycles. The van der Waals surface area contributed by atoms with Crippen LogP contribution in [0, 0.1) is 10.1 Å². The molecular weight excluding hydrogens is 452 g/mol. The number of nitro benzene ring substituents is 1. The first-order chi connectivity index (χ1) is 15.2. The van der Waals surface area contributed by atoms with Gasteiger partial charge >= 0.3 is 0 Å². The van der Waals surface area contributed by atoms with Gasteiger partial charge in [-0.05, 0) is 69.1 Å². The van der Waals surface area contributed by atoms with E-state index in [1.165, 1.54) is 19.2 Å². The highest BCUT2D eigenvalue weighted by atomic mass is 32.2. The first-order valence-corrected chi connectivity index (χ1v) is 12.2. The van der Waals surface area contributed by atoms with Crippen LogP contribution in [0.25, 0.3) is 11.4 Å². The lowest BCUT2D eigenvalue weighted by molar-refractivity contribution is -0.388. The van der Waals surface area contributed by atoms with E-state index in [1.54, 1.807) is 11.6 Å². The average Bonchev–Trinajstić information content (AvgIpc) is 3.15. The molecule has 170 valence electrons. The van der Waals surface area contributed by atoms with Gasteiger partial charge in [0.1, 0.15) is 0 Å². The molecule has 0 amide bonds. The SMILES string of the molecule is CCN(CC)c1ccc(-c2nnc(Sc3ccc(S(=O)(=O)NC)cc3[N+](=O)[O-])n2C)cc1. The van der Waals surface area contributed by atoms with Gasteiger partial charge in [0.25, 0.3) is 5.69 Å². The van der Waals surface area contributed by atoms with E-state index in [0.717, 1.165) is 42.2 Å². The molecule has 0 saturated carbocycles. The van der Waals surface area contributed by atoms with E-state index in [-0.39, 0.29) is 15.5 Å². The Hall–Kier alpha value is -2.96. The molecule has 0 spiro atoms. The summed E-state index contributed by atoms with van der Waals surface area (Å²) in [4.78, 5) is 13.3. The normalized spacial score (nSPS) is 11.5. The van der Waals surface area contributed by atoms with Crippen molar-refractivity contribution in [1.29, 1.82) is 0 Å². The van der Waals surface area contributed by atoms with Crippen LogP contribution in [-0.4, -0.2) is 48.2 Å². The Morgan fingerprint density at radius 1 is 1.12 bits per heavy atom. The second kappa shape index (κ2) is 9.67. The van der Waals surface area contributed by atoms with E-state index in [9.17, 15) is 18.5 Å². The highest BCUT2D eigenvalue weighted by Gasteiger charge is 2.23. The number of sulfonamides is 1. The predicted octanol–water partition coefficient (Wildman–Crippen LogP) is 3.30. The van der Waals surface area contributed by atoms with E-state index in [0.29, 0.717) is 11.0 Å². The predicted molar refractivity (Wildman–Crippen MR) is 123 cm³/mol. The zero-order chi connectivity index (χ0) is 23.5. The molecule has 10 nitrogen and oxygen atoms in total. The van der Waals surface area contributed by atoms with Crippen molar-refractivity contribution in [2.24, 2.45) is 7.05 Å². The third-order valence-corrected chi connectivity index (χ3v) is 7.51. The van der Waals surface area contributed by atoms with Crippen molar-refractivity contribution in [2.75, 3.05) is 25.0 Å². The lowest BCUT2D eigenvalue weighted by Crippen LogP contribution is -2.21. The van der Waals surface area contributed by atoms with Crippen molar-refractivity contribution < 1.29 is 13.3 Å². The number of nitrogens with one attached hydrogen (secondary N) is 1. The molecule has 0 atom stereocenters. The molecule has 0 unspecified atom stereocenters. The summed E-state index contributed by atoms with van der Waals surface area (Å²) in [5.74, 6) is 0.621. The van der Waals surface area contributed by atoms with Gasteiger partial charge in [0.2, 0.25) is 10.0 Å². The van der Waals surface area contributed by atoms with Gasteiger partial charge in [-0.2, -0.15) is 0 Å². The summed E-state index contributed by atoms with van der Waals surface area (Å²) in [6.45, 7) is 6.02. The number of hydrogen-bond acceptors (Lipinski definition) is 8. The topological polar surface area (TPSA) is 123 Å². The highest BCUT2D eigenvalue weighted by Crippen LogP contribution is 2.36. The van der Waals surface area contributed by atoms with Crippen molar-refractivity contribution in [3.63, 3.8) is 0 Å². The summed E-state index contributed by atoms with van der Waals surface area (Å²) in [6, 6.07) is 11.7. The molecule has 0 aliphatic rings. The van der Waals surface area contributed by atoms with Gasteiger partial charge in [0.05, 0.1) is 14.7 Å². The molecule has 3 aromatic rings. The van der Waals surface area contributed by atoms with Gasteiger partial charge in [-0.1, -0.05) is 0 Å². The quantitative estimate of drug-likeness (QED) is 0.369. The second-order valence-electron chi connectivity index (χ2n) is 6.78. The van der Waals surface area contributed by atoms with E-state index < -0.39 is 14.9 Å². The summed E-state index contributed by atoms with van der Waals surface area (Å²) in [6.07, 6.45) is 0. The van der Waals surface area contributed by atoms with Gasteiger partial charge < -0.3 is 9.47 Å². The molecule has 32 heavy (non-hydrogen) atoms. The van der Waals surface area contributed by atoms with Crippen molar-refractivity contribution >= 4 is 33.2 Å². The number of hydrogen-bond donors (Lipinski definition) is 1. The monoisotopic (exact) mass is 476 g/mol. The minimum atomic E-state index is -3.80. The maximum atomic E-state index is 12.0. The Morgan fingerprint density at radius 3 is 2.34 bits per heavy atom. The summed E-state index contributed by atoms with van der Waals surface area (Å²) in [5, 5.41) is 20.4. The standard InChI is InChI=1S/C20H24N6O4S2/c1-5-25(6-2)15-9-7-14(8-10-15)19-22-23-20(24(19)4)31-18-12-11-16(32(29,30)21-3)13-17(18)26(27)28/h7-13,21H,5-6H2,1-4H3. The van der Waals surface area contributed by atoms with Crippen LogP contribution in [0.5, 0.6) is 0 Å². The van der Waals surface area contributed by atoms with Crippen molar-refractivity contribution in [1.82, 2.24) is 19.5 Å². The molecule has 0 aliphatic carbocycles. The minimum Gasteiger partial charge on any atom is -0.372 e. The lowest BCUT2D eigenvalue weighted by atomic mass is 10.2. The number of nitro groups is 1. The van der Waals surface area contributed by atoms with Crippen molar-refractivity contribution in [3.05, 3.63) is 52.6 Å². The van der Waals surface area contributed by atoms with Gasteiger partial charge in [-0.3, -0.25) is 10.1 Å². The van der Waals surface area contributed by atoms with E-state index in [2.05, 4.69) is 33.7 Å². The maximum absolute atomic E-state index is 12.0. The lowest BCUT2D eigenvalue weighted by Gasteiger charge is -2.21. The number of benzene rings is 2. The maximum Gasteiger partial charge on any atom is 0.284 e. The Labute approximate surface area is 190 Å². The second-order valence-corrected chi connectivity index (χ2v) is 9.68. The van der Waals surface area contributed by atoms with Gasteiger partial charge in [-0.25, -0.2) is 13.1 Å². The zero-order valence-electron chi connectivity index (χ0n) is 18.1. The Kier molecular flexibility index (Phi) is 7.16. The molecular formula is C20H24N6O4S2. The summed E-state index contributed by atoms with van der Waals surface area (Å²) >= 11 is 1.05. The Bertz CT molecular complexity index is 1220. The van der Waals surface area contributed by atoms with E-state index in [4.69, 9.17) is 0 Å². The third-order valence-electron chi connectivity index (χ3n) is 5.00. The molecule has 0 bridgehead atoms. The Morgan fingerprint density at radius 2 is 1.78 bits per heavy atom. The highest BCUT2D eigenvalue weighted by molar-refractivity contribution is 7.99. The van der Waals surface area contributed by atoms with Crippen LogP contribution >= 0.6 is 11.8 Å². The third kappa shape index (κ3) is 4.76. The van der Waals surface area contributed by atoms with Crippen LogP contribution in [0.1, 0.15) is 13.8 Å². The molecule has 0 saturated heterocycles. The molecule has 3 rings (SSSR count).